The SMILES string of the molecule is Cc1ccc(NC(=O)C2CCc3nc(N4CCOCC4)ncc3C2)cc1Cl. The Morgan fingerprint density at radius 3 is 2.93 bits per heavy atom. The molecule has 0 radical (unpaired) electrons. The van der Waals surface area contributed by atoms with Crippen LogP contribution < -0.4 is 10.2 Å². The predicted octanol–water partition coefficient (Wildman–Crippen LogP) is 3.02. The summed E-state index contributed by atoms with van der Waals surface area (Å²) in [6, 6.07) is 5.59. The molecular weight excluding hydrogens is 364 g/mol. The van der Waals surface area contributed by atoms with E-state index in [4.69, 9.17) is 21.3 Å². The second kappa shape index (κ2) is 7.82. The van der Waals surface area contributed by atoms with Crippen LogP contribution in [0.25, 0.3) is 0 Å². The molecule has 7 heteroatoms. The quantitative estimate of drug-likeness (QED) is 0.878. The minimum atomic E-state index is -0.0737. The number of amides is 1. The zero-order valence-corrected chi connectivity index (χ0v) is 16.1. The lowest BCUT2D eigenvalue weighted by Crippen LogP contribution is -2.38. The van der Waals surface area contributed by atoms with E-state index in [9.17, 15) is 4.79 Å². The lowest BCUT2D eigenvalue weighted by atomic mass is 9.86. The summed E-state index contributed by atoms with van der Waals surface area (Å²) in [5, 5.41) is 3.65. The number of aromatic nitrogens is 2. The van der Waals surface area contributed by atoms with Crippen molar-refractivity contribution in [2.75, 3.05) is 36.5 Å². The first-order valence-corrected chi connectivity index (χ1v) is 9.72. The van der Waals surface area contributed by atoms with Crippen LogP contribution in [0.3, 0.4) is 0 Å². The van der Waals surface area contributed by atoms with Crippen LogP contribution in [0, 0.1) is 12.8 Å². The van der Waals surface area contributed by atoms with Gasteiger partial charge < -0.3 is 15.0 Å². The van der Waals surface area contributed by atoms with Crippen molar-refractivity contribution in [1.82, 2.24) is 9.97 Å². The Bertz CT molecular complexity index is 852. The first-order valence-electron chi connectivity index (χ1n) is 9.34. The number of nitrogens with zero attached hydrogens (tertiary/aromatic N) is 3. The second-order valence-electron chi connectivity index (χ2n) is 7.13. The number of anilines is 2. The van der Waals surface area contributed by atoms with Crippen molar-refractivity contribution in [3.63, 3.8) is 0 Å². The van der Waals surface area contributed by atoms with E-state index in [1.165, 1.54) is 0 Å². The summed E-state index contributed by atoms with van der Waals surface area (Å²) in [5.41, 5.74) is 3.86. The maximum Gasteiger partial charge on any atom is 0.227 e. The summed E-state index contributed by atoms with van der Waals surface area (Å²) in [7, 11) is 0. The Kier molecular flexibility index (Phi) is 5.27. The van der Waals surface area contributed by atoms with Gasteiger partial charge in [0, 0.05) is 41.6 Å². The highest BCUT2D eigenvalue weighted by molar-refractivity contribution is 6.31. The molecule has 1 fully saturated rings. The lowest BCUT2D eigenvalue weighted by Gasteiger charge is -2.28. The Morgan fingerprint density at radius 1 is 1.33 bits per heavy atom. The van der Waals surface area contributed by atoms with Crippen molar-refractivity contribution in [1.29, 1.82) is 0 Å². The summed E-state index contributed by atoms with van der Waals surface area (Å²) in [6.07, 6.45) is 4.14. The van der Waals surface area contributed by atoms with Gasteiger partial charge in [-0.25, -0.2) is 9.97 Å². The highest BCUT2D eigenvalue weighted by atomic mass is 35.5. The molecule has 2 aliphatic rings. The van der Waals surface area contributed by atoms with Crippen molar-refractivity contribution < 1.29 is 9.53 Å². The van der Waals surface area contributed by atoms with Gasteiger partial charge in [0.2, 0.25) is 11.9 Å². The molecule has 1 aliphatic heterocycles. The largest absolute Gasteiger partial charge is 0.378 e. The minimum Gasteiger partial charge on any atom is -0.378 e. The summed E-state index contributed by atoms with van der Waals surface area (Å²) in [4.78, 5) is 24.1. The highest BCUT2D eigenvalue weighted by Crippen LogP contribution is 2.27. The molecule has 2 heterocycles. The Hall–Kier alpha value is -2.18. The van der Waals surface area contributed by atoms with Crippen molar-refractivity contribution in [2.24, 2.45) is 5.92 Å². The molecular formula is C20H23ClN4O2. The Balaban J connectivity index is 1.43. The number of carbonyl (C=O) groups excluding carboxylic acids is 1. The third-order valence-corrected chi connectivity index (χ3v) is 5.65. The van der Waals surface area contributed by atoms with Crippen LogP contribution in [-0.4, -0.2) is 42.2 Å². The first-order chi connectivity index (χ1) is 13.1. The number of rotatable bonds is 3. The summed E-state index contributed by atoms with van der Waals surface area (Å²) >= 11 is 6.15. The van der Waals surface area contributed by atoms with E-state index in [0.717, 1.165) is 54.4 Å². The van der Waals surface area contributed by atoms with E-state index >= 15 is 0 Å². The van der Waals surface area contributed by atoms with Gasteiger partial charge >= 0.3 is 0 Å². The van der Waals surface area contributed by atoms with Crippen molar-refractivity contribution >= 4 is 29.1 Å². The molecule has 1 atom stereocenters. The van der Waals surface area contributed by atoms with Crippen LogP contribution in [0.5, 0.6) is 0 Å². The second-order valence-corrected chi connectivity index (χ2v) is 7.54. The number of halogens is 1. The van der Waals surface area contributed by atoms with Crippen molar-refractivity contribution in [2.45, 2.75) is 26.2 Å². The summed E-state index contributed by atoms with van der Waals surface area (Å²) < 4.78 is 5.39. The summed E-state index contributed by atoms with van der Waals surface area (Å²) in [5.74, 6) is 0.725. The zero-order valence-electron chi connectivity index (χ0n) is 15.4. The van der Waals surface area contributed by atoms with Crippen LogP contribution in [-0.2, 0) is 22.4 Å². The maximum absolute atomic E-state index is 12.7. The van der Waals surface area contributed by atoms with E-state index < -0.39 is 0 Å². The third kappa shape index (κ3) is 4.06. The van der Waals surface area contributed by atoms with E-state index in [1.807, 2.05) is 25.3 Å². The van der Waals surface area contributed by atoms with Crippen LogP contribution in [0.4, 0.5) is 11.6 Å². The van der Waals surface area contributed by atoms with E-state index in [-0.39, 0.29) is 11.8 Å². The first kappa shape index (κ1) is 18.2. The number of fused-ring (bicyclic) bond motifs is 1. The summed E-state index contributed by atoms with van der Waals surface area (Å²) in [6.45, 7) is 5.01. The topological polar surface area (TPSA) is 67.4 Å². The van der Waals surface area contributed by atoms with Gasteiger partial charge in [0.05, 0.1) is 13.2 Å². The Labute approximate surface area is 163 Å². The molecule has 142 valence electrons. The smallest absolute Gasteiger partial charge is 0.227 e. The molecule has 1 N–H and O–H groups in total. The molecule has 4 rings (SSSR count). The fraction of sp³-hybridized carbons (Fsp3) is 0.450. The Morgan fingerprint density at radius 2 is 2.15 bits per heavy atom. The number of benzene rings is 1. The van der Waals surface area contributed by atoms with Crippen molar-refractivity contribution in [3.05, 3.63) is 46.2 Å². The van der Waals surface area contributed by atoms with Crippen LogP contribution in [0.2, 0.25) is 5.02 Å². The molecule has 1 aromatic heterocycles. The maximum atomic E-state index is 12.7. The van der Waals surface area contributed by atoms with E-state index in [2.05, 4.69) is 15.2 Å². The fourth-order valence-corrected chi connectivity index (χ4v) is 3.73. The van der Waals surface area contributed by atoms with Crippen LogP contribution in [0.15, 0.2) is 24.4 Å². The molecule has 1 unspecified atom stereocenters. The average Bonchev–Trinajstić information content (AvgIpc) is 2.70. The monoisotopic (exact) mass is 386 g/mol. The number of nitrogens with one attached hydrogen (secondary N) is 1. The van der Waals surface area contributed by atoms with Gasteiger partial charge in [0.25, 0.3) is 0 Å². The molecule has 0 spiro atoms. The molecule has 27 heavy (non-hydrogen) atoms. The minimum absolute atomic E-state index is 0.0258. The van der Waals surface area contributed by atoms with Gasteiger partial charge in [-0.05, 0) is 49.4 Å². The molecule has 1 amide bonds. The number of hydrogen-bond acceptors (Lipinski definition) is 5. The highest BCUT2D eigenvalue weighted by Gasteiger charge is 2.27. The number of carbonyl (C=O) groups is 1. The number of morpholine rings is 1. The molecule has 1 saturated heterocycles. The molecule has 6 nitrogen and oxygen atoms in total. The zero-order chi connectivity index (χ0) is 18.8. The average molecular weight is 387 g/mol. The molecule has 1 aliphatic carbocycles. The van der Waals surface area contributed by atoms with Crippen molar-refractivity contribution in [3.8, 4) is 0 Å². The van der Waals surface area contributed by atoms with E-state index in [1.54, 1.807) is 6.07 Å². The van der Waals surface area contributed by atoms with Gasteiger partial charge in [-0.15, -0.1) is 0 Å². The molecule has 0 bridgehead atoms. The number of aryl methyl sites for hydroxylation is 2. The van der Waals surface area contributed by atoms with Gasteiger partial charge in [0.15, 0.2) is 0 Å². The van der Waals surface area contributed by atoms with E-state index in [0.29, 0.717) is 24.7 Å². The standard InChI is InChI=1S/C20H23ClN4O2/c1-13-2-4-16(11-17(13)21)23-19(26)14-3-5-18-15(10-14)12-22-20(24-18)25-6-8-27-9-7-25/h2,4,11-12,14H,3,5-10H2,1H3,(H,23,26). The number of hydrogen-bond donors (Lipinski definition) is 1. The molecule has 2 aromatic rings. The van der Waals surface area contributed by atoms with Gasteiger partial charge in [0.1, 0.15) is 0 Å². The normalized spacial score (nSPS) is 19.5. The number of ether oxygens (including phenoxy) is 1. The molecule has 0 saturated carbocycles. The van der Waals surface area contributed by atoms with Crippen LogP contribution >= 0.6 is 11.6 Å². The fourth-order valence-electron chi connectivity index (χ4n) is 3.55. The lowest BCUT2D eigenvalue weighted by molar-refractivity contribution is -0.120. The van der Waals surface area contributed by atoms with Gasteiger partial charge in [-0.2, -0.15) is 0 Å². The van der Waals surface area contributed by atoms with Gasteiger partial charge in [-0.3, -0.25) is 4.79 Å². The predicted molar refractivity (Wildman–Crippen MR) is 105 cm³/mol. The van der Waals surface area contributed by atoms with Gasteiger partial charge in [-0.1, -0.05) is 17.7 Å². The molecule has 1 aromatic carbocycles. The third-order valence-electron chi connectivity index (χ3n) is 5.24. The van der Waals surface area contributed by atoms with Crippen LogP contribution in [0.1, 0.15) is 23.2 Å².